The van der Waals surface area contributed by atoms with Crippen LogP contribution in [0.3, 0.4) is 0 Å². The van der Waals surface area contributed by atoms with Gasteiger partial charge in [-0.2, -0.15) is 0 Å². The molecule has 7 heteroatoms. The summed E-state index contributed by atoms with van der Waals surface area (Å²) in [6, 6.07) is 3.67. The van der Waals surface area contributed by atoms with Crippen molar-refractivity contribution in [1.82, 2.24) is 24.8 Å². The van der Waals surface area contributed by atoms with E-state index < -0.39 is 0 Å². The van der Waals surface area contributed by atoms with E-state index in [0.717, 1.165) is 51.3 Å². The molecule has 0 bridgehead atoms. The number of amides is 1. The topological polar surface area (TPSA) is 66.3 Å². The molecule has 0 aromatic carbocycles. The maximum atomic E-state index is 12.1. The summed E-state index contributed by atoms with van der Waals surface area (Å²) in [4.78, 5) is 25.9. The van der Waals surface area contributed by atoms with Crippen LogP contribution in [0.1, 0.15) is 48.3 Å². The summed E-state index contributed by atoms with van der Waals surface area (Å²) in [5.41, 5.74) is 0.666. The molecule has 0 saturated carbocycles. The molecule has 1 atom stereocenters. The minimum Gasteiger partial charge on any atom is -0.356 e. The zero-order valence-electron chi connectivity index (χ0n) is 17.3. The number of imidazole rings is 1. The van der Waals surface area contributed by atoms with Crippen molar-refractivity contribution in [3.63, 3.8) is 0 Å². The third-order valence-corrected chi connectivity index (χ3v) is 5.21. The predicted octanol–water partition coefficient (Wildman–Crippen LogP) is 2.36. The second-order valence-electron chi connectivity index (χ2n) is 7.68. The standard InChI is InChI=1S/C21H32N6O/c1-4-22-21(28)17-8-9-23-19(15-17)27-12-5-7-18(16-27)20-24-10-14-26(20)13-6-11-25(2)3/h8-10,14-15,18H,4-7,11-13,16H2,1-3H3,(H,22,28). The predicted molar refractivity (Wildman–Crippen MR) is 112 cm³/mol. The van der Waals surface area contributed by atoms with E-state index in [-0.39, 0.29) is 5.91 Å². The summed E-state index contributed by atoms with van der Waals surface area (Å²) in [6.07, 6.45) is 9.09. The van der Waals surface area contributed by atoms with E-state index in [1.807, 2.05) is 19.2 Å². The van der Waals surface area contributed by atoms with Crippen molar-refractivity contribution in [2.75, 3.05) is 45.2 Å². The molecule has 1 saturated heterocycles. The van der Waals surface area contributed by atoms with Gasteiger partial charge in [0.2, 0.25) is 0 Å². The minimum atomic E-state index is -0.0452. The molecule has 0 spiro atoms. The van der Waals surface area contributed by atoms with Crippen LogP contribution in [0.25, 0.3) is 0 Å². The number of hydrogen-bond donors (Lipinski definition) is 1. The van der Waals surface area contributed by atoms with Crippen LogP contribution in [-0.4, -0.2) is 65.6 Å². The van der Waals surface area contributed by atoms with Crippen molar-refractivity contribution in [3.05, 3.63) is 42.1 Å². The van der Waals surface area contributed by atoms with Gasteiger partial charge in [0, 0.05) is 56.3 Å². The van der Waals surface area contributed by atoms with Gasteiger partial charge in [0.05, 0.1) is 0 Å². The number of hydrogen-bond acceptors (Lipinski definition) is 5. The van der Waals surface area contributed by atoms with Gasteiger partial charge in [-0.1, -0.05) is 0 Å². The first kappa shape index (κ1) is 20.3. The first-order chi connectivity index (χ1) is 13.6. The highest BCUT2D eigenvalue weighted by Gasteiger charge is 2.25. The molecule has 1 unspecified atom stereocenters. The fourth-order valence-electron chi connectivity index (χ4n) is 3.82. The Balaban J connectivity index is 1.69. The van der Waals surface area contributed by atoms with E-state index >= 15 is 0 Å². The molecular formula is C21H32N6O. The Hall–Kier alpha value is -2.41. The minimum absolute atomic E-state index is 0.0452. The maximum absolute atomic E-state index is 12.1. The summed E-state index contributed by atoms with van der Waals surface area (Å²) in [7, 11) is 4.21. The van der Waals surface area contributed by atoms with Gasteiger partial charge in [0.25, 0.3) is 5.91 Å². The molecule has 152 valence electrons. The lowest BCUT2D eigenvalue weighted by atomic mass is 9.97. The fraction of sp³-hybridized carbons (Fsp3) is 0.571. The van der Waals surface area contributed by atoms with Crippen LogP contribution in [0.15, 0.2) is 30.7 Å². The molecule has 1 N–H and O–H groups in total. The molecule has 0 aliphatic carbocycles. The molecule has 1 amide bonds. The number of pyridine rings is 1. The number of aryl methyl sites for hydroxylation is 1. The molecule has 1 fully saturated rings. The summed E-state index contributed by atoms with van der Waals surface area (Å²) < 4.78 is 2.30. The molecular weight excluding hydrogens is 352 g/mol. The number of aromatic nitrogens is 3. The highest BCUT2D eigenvalue weighted by atomic mass is 16.1. The van der Waals surface area contributed by atoms with E-state index in [0.29, 0.717) is 18.0 Å². The SMILES string of the molecule is CCNC(=O)c1ccnc(N2CCCC(c3nccn3CCCN(C)C)C2)c1. The van der Waals surface area contributed by atoms with Gasteiger partial charge in [0.15, 0.2) is 0 Å². The van der Waals surface area contributed by atoms with Gasteiger partial charge in [0.1, 0.15) is 11.6 Å². The molecule has 1 aliphatic rings. The third-order valence-electron chi connectivity index (χ3n) is 5.21. The van der Waals surface area contributed by atoms with Crippen LogP contribution in [0, 0.1) is 0 Å². The Labute approximate surface area is 167 Å². The molecule has 28 heavy (non-hydrogen) atoms. The zero-order chi connectivity index (χ0) is 19.9. The van der Waals surface area contributed by atoms with Crippen LogP contribution in [0.4, 0.5) is 5.82 Å². The Morgan fingerprint density at radius 2 is 2.18 bits per heavy atom. The Morgan fingerprint density at radius 1 is 1.32 bits per heavy atom. The summed E-state index contributed by atoms with van der Waals surface area (Å²) in [5, 5.41) is 2.86. The maximum Gasteiger partial charge on any atom is 0.251 e. The van der Waals surface area contributed by atoms with Crippen LogP contribution in [0.2, 0.25) is 0 Å². The quantitative estimate of drug-likeness (QED) is 0.757. The molecule has 0 radical (unpaired) electrons. The molecule has 3 heterocycles. The Morgan fingerprint density at radius 3 is 2.96 bits per heavy atom. The van der Waals surface area contributed by atoms with Crippen molar-refractivity contribution in [2.24, 2.45) is 0 Å². The fourth-order valence-corrected chi connectivity index (χ4v) is 3.82. The van der Waals surface area contributed by atoms with E-state index in [1.54, 1.807) is 12.3 Å². The second kappa shape index (κ2) is 9.68. The number of rotatable bonds is 8. The van der Waals surface area contributed by atoms with Gasteiger partial charge in [-0.3, -0.25) is 4.79 Å². The van der Waals surface area contributed by atoms with Gasteiger partial charge in [-0.25, -0.2) is 9.97 Å². The van der Waals surface area contributed by atoms with E-state index in [2.05, 4.69) is 49.9 Å². The smallest absolute Gasteiger partial charge is 0.251 e. The molecule has 2 aromatic rings. The first-order valence-corrected chi connectivity index (χ1v) is 10.2. The van der Waals surface area contributed by atoms with Crippen LogP contribution in [0.5, 0.6) is 0 Å². The largest absolute Gasteiger partial charge is 0.356 e. The number of nitrogens with zero attached hydrogens (tertiary/aromatic N) is 5. The van der Waals surface area contributed by atoms with Gasteiger partial charge < -0.3 is 19.7 Å². The third kappa shape index (κ3) is 5.10. The molecule has 7 nitrogen and oxygen atoms in total. The Bertz CT molecular complexity index is 772. The number of anilines is 1. The highest BCUT2D eigenvalue weighted by molar-refractivity contribution is 5.94. The second-order valence-corrected chi connectivity index (χ2v) is 7.68. The van der Waals surface area contributed by atoms with E-state index in [4.69, 9.17) is 0 Å². The zero-order valence-corrected chi connectivity index (χ0v) is 17.3. The van der Waals surface area contributed by atoms with Gasteiger partial charge in [-0.15, -0.1) is 0 Å². The van der Waals surface area contributed by atoms with Crippen molar-refractivity contribution < 1.29 is 4.79 Å². The molecule has 1 aliphatic heterocycles. The van der Waals surface area contributed by atoms with Crippen molar-refractivity contribution in [2.45, 2.75) is 38.6 Å². The number of nitrogens with one attached hydrogen (secondary N) is 1. The Kier molecular flexibility index (Phi) is 7.03. The lowest BCUT2D eigenvalue weighted by molar-refractivity contribution is 0.0955. The average molecular weight is 385 g/mol. The summed E-state index contributed by atoms with van der Waals surface area (Å²) in [5.74, 6) is 2.39. The first-order valence-electron chi connectivity index (χ1n) is 10.2. The van der Waals surface area contributed by atoms with Crippen LogP contribution >= 0.6 is 0 Å². The number of carbonyl (C=O) groups is 1. The normalized spacial score (nSPS) is 17.1. The van der Waals surface area contributed by atoms with Crippen LogP contribution in [-0.2, 0) is 6.54 Å². The van der Waals surface area contributed by atoms with Gasteiger partial charge in [-0.05, 0) is 59.0 Å². The van der Waals surface area contributed by atoms with Crippen LogP contribution < -0.4 is 10.2 Å². The van der Waals surface area contributed by atoms with Crippen molar-refractivity contribution in [1.29, 1.82) is 0 Å². The van der Waals surface area contributed by atoms with Crippen molar-refractivity contribution >= 4 is 11.7 Å². The average Bonchev–Trinajstić information content (AvgIpc) is 3.17. The number of piperidine rings is 1. The molecule has 3 rings (SSSR count). The molecule has 2 aromatic heterocycles. The van der Waals surface area contributed by atoms with E-state index in [1.165, 1.54) is 5.82 Å². The highest BCUT2D eigenvalue weighted by Crippen LogP contribution is 2.28. The lowest BCUT2D eigenvalue weighted by Gasteiger charge is -2.33. The van der Waals surface area contributed by atoms with E-state index in [9.17, 15) is 4.79 Å². The van der Waals surface area contributed by atoms with Crippen molar-refractivity contribution in [3.8, 4) is 0 Å². The summed E-state index contributed by atoms with van der Waals surface area (Å²) in [6.45, 7) is 6.47. The monoisotopic (exact) mass is 384 g/mol. The van der Waals surface area contributed by atoms with Gasteiger partial charge >= 0.3 is 0 Å². The lowest BCUT2D eigenvalue weighted by Crippen LogP contribution is -2.36. The number of carbonyl (C=O) groups excluding carboxylic acids is 1. The summed E-state index contributed by atoms with van der Waals surface area (Å²) >= 11 is 0.